The number of hydrogen-bond acceptors (Lipinski definition) is 4. The minimum atomic E-state index is -3.64. The zero-order valence-electron chi connectivity index (χ0n) is 20.3. The van der Waals surface area contributed by atoms with Crippen molar-refractivity contribution in [3.8, 4) is 0 Å². The normalized spacial score (nSPS) is 15.8. The summed E-state index contributed by atoms with van der Waals surface area (Å²) in [5.74, 6) is -0.293. The summed E-state index contributed by atoms with van der Waals surface area (Å²) in [6.45, 7) is 9.40. The topological polar surface area (TPSA) is 69.7 Å². The Kier molecular flexibility index (Phi) is 8.54. The zero-order valence-corrected chi connectivity index (χ0v) is 21.1. The Labute approximate surface area is 199 Å². The maximum absolute atomic E-state index is 13.1. The first-order chi connectivity index (χ1) is 15.7. The quantitative estimate of drug-likeness (QED) is 0.597. The van der Waals surface area contributed by atoms with Crippen LogP contribution in [0.4, 0.5) is 5.69 Å². The minimum absolute atomic E-state index is 0.293. The number of nitrogens with zero attached hydrogens (tertiary/aromatic N) is 2. The number of rotatable bonds is 9. The number of benzene rings is 2. The van der Waals surface area contributed by atoms with Crippen LogP contribution in [0.3, 0.4) is 0 Å². The van der Waals surface area contributed by atoms with Gasteiger partial charge >= 0.3 is 0 Å². The van der Waals surface area contributed by atoms with E-state index in [0.29, 0.717) is 18.7 Å². The summed E-state index contributed by atoms with van der Waals surface area (Å²) >= 11 is 0. The smallest absolute Gasteiger partial charge is 0.244 e. The molecular weight excluding hydrogens is 434 g/mol. The van der Waals surface area contributed by atoms with Crippen molar-refractivity contribution in [3.63, 3.8) is 0 Å². The van der Waals surface area contributed by atoms with Crippen molar-refractivity contribution in [3.05, 3.63) is 64.7 Å². The molecule has 2 aromatic rings. The molecule has 1 N–H and O–H groups in total. The molecule has 0 unspecified atom stereocenters. The second-order valence-electron chi connectivity index (χ2n) is 9.12. The third-order valence-electron chi connectivity index (χ3n) is 6.42. The van der Waals surface area contributed by atoms with Crippen LogP contribution in [-0.2, 0) is 27.9 Å². The molecular formula is C26H37N3O3S. The van der Waals surface area contributed by atoms with E-state index >= 15 is 0 Å². The molecule has 6 nitrogen and oxygen atoms in total. The highest BCUT2D eigenvalue weighted by molar-refractivity contribution is 7.92. The van der Waals surface area contributed by atoms with Gasteiger partial charge in [0.15, 0.2) is 0 Å². The Bertz CT molecular complexity index is 1040. The Morgan fingerprint density at radius 1 is 1.00 bits per heavy atom. The van der Waals surface area contributed by atoms with Gasteiger partial charge in [-0.25, -0.2) is 8.42 Å². The fourth-order valence-corrected chi connectivity index (χ4v) is 5.57. The van der Waals surface area contributed by atoms with Gasteiger partial charge in [0.1, 0.15) is 6.04 Å². The Hall–Kier alpha value is -2.38. The summed E-state index contributed by atoms with van der Waals surface area (Å²) in [5, 5.41) is 2.94. The molecule has 1 fully saturated rings. The van der Waals surface area contributed by atoms with E-state index in [1.54, 1.807) is 6.07 Å². The summed E-state index contributed by atoms with van der Waals surface area (Å²) in [6.07, 6.45) is 5.40. The number of anilines is 1. The van der Waals surface area contributed by atoms with E-state index < -0.39 is 16.1 Å². The predicted molar refractivity (Wildman–Crippen MR) is 135 cm³/mol. The van der Waals surface area contributed by atoms with Crippen molar-refractivity contribution in [2.24, 2.45) is 0 Å². The standard InChI is InChI=1S/C26H37N3O3S/c1-5-25(29(33(4,31)32)24-14-9-20(2)21(3)17-24)26(30)27-18-22-10-12-23(13-11-22)19-28-15-7-6-8-16-28/h9-14,17,25H,5-8,15-16,18-19H2,1-4H3,(H,27,30)/t25-/m0/s1. The molecule has 1 saturated heterocycles. The molecule has 0 aliphatic carbocycles. The van der Waals surface area contributed by atoms with Crippen LogP contribution in [0.15, 0.2) is 42.5 Å². The van der Waals surface area contributed by atoms with Gasteiger partial charge in [0.25, 0.3) is 0 Å². The number of carbonyl (C=O) groups excluding carboxylic acids is 1. The SMILES string of the molecule is CC[C@@H](C(=O)NCc1ccc(CN2CCCCC2)cc1)N(c1ccc(C)c(C)c1)S(C)(=O)=O. The van der Waals surface area contributed by atoms with Crippen molar-refractivity contribution >= 4 is 21.6 Å². The summed E-state index contributed by atoms with van der Waals surface area (Å²) in [7, 11) is -3.64. The van der Waals surface area contributed by atoms with Gasteiger partial charge in [-0.2, -0.15) is 0 Å². The summed E-state index contributed by atoms with van der Waals surface area (Å²) < 4.78 is 26.5. The lowest BCUT2D eigenvalue weighted by Gasteiger charge is -2.30. The molecule has 1 aliphatic rings. The van der Waals surface area contributed by atoms with Crippen molar-refractivity contribution in [1.82, 2.24) is 10.2 Å². The van der Waals surface area contributed by atoms with Gasteiger partial charge in [0.2, 0.25) is 15.9 Å². The lowest BCUT2D eigenvalue weighted by atomic mass is 10.1. The monoisotopic (exact) mass is 471 g/mol. The first-order valence-electron chi connectivity index (χ1n) is 11.8. The van der Waals surface area contributed by atoms with Crippen LogP contribution in [-0.4, -0.2) is 44.6 Å². The lowest BCUT2D eigenvalue weighted by Crippen LogP contribution is -2.49. The number of aryl methyl sites for hydroxylation is 2. The second kappa shape index (κ2) is 11.2. The summed E-state index contributed by atoms with van der Waals surface area (Å²) in [5.41, 5.74) is 4.85. The number of amides is 1. The number of sulfonamides is 1. The first kappa shape index (κ1) is 25.2. The van der Waals surface area contributed by atoms with Crippen LogP contribution < -0.4 is 9.62 Å². The van der Waals surface area contributed by atoms with Crippen molar-refractivity contribution in [2.45, 2.75) is 65.6 Å². The molecule has 180 valence electrons. The number of piperidine rings is 1. The molecule has 0 saturated carbocycles. The molecule has 3 rings (SSSR count). The molecule has 1 atom stereocenters. The molecule has 33 heavy (non-hydrogen) atoms. The number of carbonyl (C=O) groups is 1. The van der Waals surface area contributed by atoms with Crippen LogP contribution in [0.25, 0.3) is 0 Å². The van der Waals surface area contributed by atoms with Crippen molar-refractivity contribution in [2.75, 3.05) is 23.7 Å². The fourth-order valence-electron chi connectivity index (χ4n) is 4.37. The molecule has 0 bridgehead atoms. The van der Waals surface area contributed by atoms with Gasteiger partial charge in [-0.15, -0.1) is 0 Å². The molecule has 1 heterocycles. The van der Waals surface area contributed by atoms with Gasteiger partial charge in [-0.05, 0) is 80.6 Å². The third kappa shape index (κ3) is 6.81. The average Bonchev–Trinajstić information content (AvgIpc) is 2.78. The Morgan fingerprint density at radius 2 is 1.64 bits per heavy atom. The van der Waals surface area contributed by atoms with E-state index in [2.05, 4.69) is 22.3 Å². The highest BCUT2D eigenvalue weighted by atomic mass is 32.2. The van der Waals surface area contributed by atoms with Crippen LogP contribution in [0, 0.1) is 13.8 Å². The van der Waals surface area contributed by atoms with Gasteiger partial charge in [0, 0.05) is 13.1 Å². The van der Waals surface area contributed by atoms with Gasteiger partial charge < -0.3 is 5.32 Å². The third-order valence-corrected chi connectivity index (χ3v) is 7.60. The molecule has 2 aromatic carbocycles. The lowest BCUT2D eigenvalue weighted by molar-refractivity contribution is -0.122. The minimum Gasteiger partial charge on any atom is -0.350 e. The first-order valence-corrected chi connectivity index (χ1v) is 13.7. The molecule has 7 heteroatoms. The largest absolute Gasteiger partial charge is 0.350 e. The highest BCUT2D eigenvalue weighted by Gasteiger charge is 2.31. The Balaban J connectivity index is 1.67. The summed E-state index contributed by atoms with van der Waals surface area (Å²) in [4.78, 5) is 15.6. The van der Waals surface area contributed by atoms with Crippen LogP contribution in [0.2, 0.25) is 0 Å². The summed E-state index contributed by atoms with van der Waals surface area (Å²) in [6, 6.07) is 13.0. The maximum atomic E-state index is 13.1. The number of likely N-dealkylation sites (tertiary alicyclic amines) is 1. The van der Waals surface area contributed by atoms with Gasteiger partial charge in [-0.3, -0.25) is 14.0 Å². The zero-order chi connectivity index (χ0) is 24.0. The second-order valence-corrected chi connectivity index (χ2v) is 11.0. The van der Waals surface area contributed by atoms with E-state index in [1.165, 1.54) is 29.1 Å². The van der Waals surface area contributed by atoms with Crippen LogP contribution in [0.1, 0.15) is 54.9 Å². The van der Waals surface area contributed by atoms with E-state index in [9.17, 15) is 13.2 Å². The van der Waals surface area contributed by atoms with E-state index in [1.807, 2.05) is 45.0 Å². The molecule has 0 radical (unpaired) electrons. The molecule has 0 aromatic heterocycles. The van der Waals surface area contributed by atoms with E-state index in [-0.39, 0.29) is 5.91 Å². The van der Waals surface area contributed by atoms with E-state index in [4.69, 9.17) is 0 Å². The highest BCUT2D eigenvalue weighted by Crippen LogP contribution is 2.25. The number of nitrogens with one attached hydrogen (secondary N) is 1. The van der Waals surface area contributed by atoms with Gasteiger partial charge in [-0.1, -0.05) is 43.7 Å². The van der Waals surface area contributed by atoms with Crippen molar-refractivity contribution in [1.29, 1.82) is 0 Å². The fraction of sp³-hybridized carbons (Fsp3) is 0.500. The Morgan fingerprint density at radius 3 is 2.21 bits per heavy atom. The van der Waals surface area contributed by atoms with Crippen LogP contribution in [0.5, 0.6) is 0 Å². The van der Waals surface area contributed by atoms with Gasteiger partial charge in [0.05, 0.1) is 11.9 Å². The predicted octanol–water partition coefficient (Wildman–Crippen LogP) is 4.15. The molecule has 1 amide bonds. The molecule has 1 aliphatic heterocycles. The maximum Gasteiger partial charge on any atom is 0.244 e. The molecule has 0 spiro atoms. The van der Waals surface area contributed by atoms with Crippen LogP contribution >= 0.6 is 0 Å². The van der Waals surface area contributed by atoms with Crippen molar-refractivity contribution < 1.29 is 13.2 Å². The number of hydrogen-bond donors (Lipinski definition) is 1. The average molecular weight is 472 g/mol. The van der Waals surface area contributed by atoms with E-state index in [0.717, 1.165) is 42.6 Å².